The lowest BCUT2D eigenvalue weighted by molar-refractivity contribution is -0.123. The van der Waals surface area contributed by atoms with E-state index in [2.05, 4.69) is 11.9 Å². The van der Waals surface area contributed by atoms with Gasteiger partial charge in [0.1, 0.15) is 5.75 Å². The van der Waals surface area contributed by atoms with Crippen molar-refractivity contribution < 1.29 is 14.3 Å². The summed E-state index contributed by atoms with van der Waals surface area (Å²) in [5.41, 5.74) is 3.13. The predicted molar refractivity (Wildman–Crippen MR) is 101 cm³/mol. The molecule has 1 aliphatic heterocycles. The molecule has 5 heteroatoms. The van der Waals surface area contributed by atoms with Crippen LogP contribution in [0.15, 0.2) is 48.2 Å². The van der Waals surface area contributed by atoms with Crippen LogP contribution < -0.4 is 10.1 Å². The molecule has 0 atom stereocenters. The van der Waals surface area contributed by atoms with Gasteiger partial charge in [0.15, 0.2) is 6.61 Å². The molecule has 1 N–H and O–H groups in total. The summed E-state index contributed by atoms with van der Waals surface area (Å²) in [5, 5.41) is 2.81. The number of rotatable bonds is 8. The van der Waals surface area contributed by atoms with E-state index in [4.69, 9.17) is 4.74 Å². The first kappa shape index (κ1) is 18.2. The van der Waals surface area contributed by atoms with E-state index in [-0.39, 0.29) is 18.4 Å². The van der Waals surface area contributed by atoms with Crippen molar-refractivity contribution in [2.75, 3.05) is 19.7 Å². The van der Waals surface area contributed by atoms with Crippen molar-refractivity contribution >= 4 is 11.8 Å². The highest BCUT2D eigenvalue weighted by molar-refractivity contribution is 5.92. The van der Waals surface area contributed by atoms with Crippen LogP contribution in [-0.4, -0.2) is 36.4 Å². The number of nitrogens with one attached hydrogen (secondary N) is 1. The largest absolute Gasteiger partial charge is 0.484 e. The van der Waals surface area contributed by atoms with Gasteiger partial charge in [0, 0.05) is 31.3 Å². The molecule has 5 nitrogen and oxygen atoms in total. The standard InChI is InChI=1S/C21H26N2O3/c1-15-6-8-19(9-7-15)26-14-20(24)22-11-10-16(2)23-13-18(12-21(23)25)17-4-3-5-17/h6-9,12,17H,2-5,10-11,13-14H2,1H3,(H,22,24). The summed E-state index contributed by atoms with van der Waals surface area (Å²) in [6.07, 6.45) is 5.96. The maximum absolute atomic E-state index is 12.1. The molecule has 2 aliphatic rings. The number of ether oxygens (including phenoxy) is 1. The third-order valence-electron chi connectivity index (χ3n) is 5.05. The lowest BCUT2D eigenvalue weighted by atomic mass is 9.80. The number of hydrogen-bond donors (Lipinski definition) is 1. The fourth-order valence-electron chi connectivity index (χ4n) is 3.15. The van der Waals surface area contributed by atoms with E-state index in [0.717, 1.165) is 11.3 Å². The van der Waals surface area contributed by atoms with Gasteiger partial charge in [-0.15, -0.1) is 0 Å². The Labute approximate surface area is 154 Å². The van der Waals surface area contributed by atoms with Gasteiger partial charge in [0.2, 0.25) is 0 Å². The smallest absolute Gasteiger partial charge is 0.257 e. The lowest BCUT2D eigenvalue weighted by Gasteiger charge is -2.28. The second-order valence-electron chi connectivity index (χ2n) is 7.04. The summed E-state index contributed by atoms with van der Waals surface area (Å²) in [5.74, 6) is 1.09. The third kappa shape index (κ3) is 4.54. The van der Waals surface area contributed by atoms with Gasteiger partial charge in [-0.25, -0.2) is 0 Å². The molecular weight excluding hydrogens is 328 g/mol. The van der Waals surface area contributed by atoms with Crippen molar-refractivity contribution in [3.8, 4) is 5.75 Å². The Morgan fingerprint density at radius 1 is 1.31 bits per heavy atom. The minimum Gasteiger partial charge on any atom is -0.484 e. The van der Waals surface area contributed by atoms with Crippen molar-refractivity contribution in [1.82, 2.24) is 10.2 Å². The molecule has 0 unspecified atom stereocenters. The first-order chi connectivity index (χ1) is 12.5. The summed E-state index contributed by atoms with van der Waals surface area (Å²) in [6.45, 7) is 7.09. The zero-order chi connectivity index (χ0) is 18.5. The van der Waals surface area contributed by atoms with Gasteiger partial charge in [-0.3, -0.25) is 9.59 Å². The number of nitrogens with zero attached hydrogens (tertiary/aromatic N) is 1. The molecule has 0 radical (unpaired) electrons. The number of benzene rings is 1. The third-order valence-corrected chi connectivity index (χ3v) is 5.05. The van der Waals surface area contributed by atoms with Crippen LogP contribution in [0.25, 0.3) is 0 Å². The Balaban J connectivity index is 1.35. The van der Waals surface area contributed by atoms with Crippen molar-refractivity contribution in [2.45, 2.75) is 32.6 Å². The lowest BCUT2D eigenvalue weighted by Crippen LogP contribution is -2.32. The van der Waals surface area contributed by atoms with Crippen LogP contribution in [-0.2, 0) is 9.59 Å². The van der Waals surface area contributed by atoms with Gasteiger partial charge >= 0.3 is 0 Å². The number of carbonyl (C=O) groups excluding carboxylic acids is 2. The summed E-state index contributed by atoms with van der Waals surface area (Å²) >= 11 is 0. The van der Waals surface area contributed by atoms with E-state index in [0.29, 0.717) is 31.2 Å². The maximum Gasteiger partial charge on any atom is 0.257 e. The van der Waals surface area contributed by atoms with E-state index in [1.165, 1.54) is 24.8 Å². The molecular formula is C21H26N2O3. The molecule has 26 heavy (non-hydrogen) atoms. The summed E-state index contributed by atoms with van der Waals surface area (Å²) in [6, 6.07) is 7.57. The Hall–Kier alpha value is -2.56. The summed E-state index contributed by atoms with van der Waals surface area (Å²) < 4.78 is 5.45. The number of hydrogen-bond acceptors (Lipinski definition) is 3. The fraction of sp³-hybridized carbons (Fsp3) is 0.429. The van der Waals surface area contributed by atoms with Gasteiger partial charge in [0.25, 0.3) is 11.8 Å². The Morgan fingerprint density at radius 3 is 2.69 bits per heavy atom. The highest BCUT2D eigenvalue weighted by Crippen LogP contribution is 2.36. The molecule has 3 rings (SSSR count). The van der Waals surface area contributed by atoms with Gasteiger partial charge in [-0.2, -0.15) is 0 Å². The normalized spacial score (nSPS) is 16.9. The van der Waals surface area contributed by atoms with Crippen molar-refractivity contribution in [1.29, 1.82) is 0 Å². The van der Waals surface area contributed by atoms with Gasteiger partial charge in [0.05, 0.1) is 0 Å². The topological polar surface area (TPSA) is 58.6 Å². The Bertz CT molecular complexity index is 717. The summed E-state index contributed by atoms with van der Waals surface area (Å²) in [7, 11) is 0. The minimum absolute atomic E-state index is 0.0194. The van der Waals surface area contributed by atoms with Crippen LogP contribution in [0, 0.1) is 12.8 Å². The highest BCUT2D eigenvalue weighted by Gasteiger charge is 2.30. The zero-order valence-corrected chi connectivity index (χ0v) is 15.3. The molecule has 0 aromatic heterocycles. The maximum atomic E-state index is 12.1. The monoisotopic (exact) mass is 354 g/mol. The Kier molecular flexibility index (Phi) is 5.76. The predicted octanol–water partition coefficient (Wildman–Crippen LogP) is 2.96. The van der Waals surface area contributed by atoms with E-state index in [9.17, 15) is 9.59 Å². The van der Waals surface area contributed by atoms with Crippen LogP contribution in [0.5, 0.6) is 5.75 Å². The first-order valence-electron chi connectivity index (χ1n) is 9.19. The zero-order valence-electron chi connectivity index (χ0n) is 15.3. The van der Waals surface area contributed by atoms with E-state index in [1.807, 2.05) is 31.2 Å². The van der Waals surface area contributed by atoms with Crippen LogP contribution in [0.4, 0.5) is 0 Å². The number of carbonyl (C=O) groups is 2. The second kappa shape index (κ2) is 8.21. The molecule has 1 saturated carbocycles. The fourth-order valence-corrected chi connectivity index (χ4v) is 3.15. The van der Waals surface area contributed by atoms with Crippen molar-refractivity contribution in [3.63, 3.8) is 0 Å². The first-order valence-corrected chi connectivity index (χ1v) is 9.19. The van der Waals surface area contributed by atoms with E-state index >= 15 is 0 Å². The minimum atomic E-state index is -0.181. The number of amides is 2. The molecule has 2 amide bonds. The van der Waals surface area contributed by atoms with Crippen LogP contribution in [0.2, 0.25) is 0 Å². The van der Waals surface area contributed by atoms with E-state index < -0.39 is 0 Å². The van der Waals surface area contributed by atoms with Crippen LogP contribution >= 0.6 is 0 Å². The molecule has 0 saturated heterocycles. The molecule has 138 valence electrons. The van der Waals surface area contributed by atoms with Crippen LogP contribution in [0.1, 0.15) is 31.2 Å². The molecule has 1 heterocycles. The average molecular weight is 354 g/mol. The van der Waals surface area contributed by atoms with Gasteiger partial charge in [-0.1, -0.05) is 30.7 Å². The molecule has 1 aliphatic carbocycles. The van der Waals surface area contributed by atoms with Gasteiger partial charge in [-0.05, 0) is 43.4 Å². The SMILES string of the molecule is C=C(CCNC(=O)COc1ccc(C)cc1)N1CC(C2CCC2)=CC1=O. The van der Waals surface area contributed by atoms with Crippen LogP contribution in [0.3, 0.4) is 0 Å². The average Bonchev–Trinajstić information content (AvgIpc) is 2.94. The summed E-state index contributed by atoms with van der Waals surface area (Å²) in [4.78, 5) is 25.7. The molecule has 1 fully saturated rings. The van der Waals surface area contributed by atoms with Crippen molar-refractivity contribution in [2.24, 2.45) is 5.92 Å². The second-order valence-corrected chi connectivity index (χ2v) is 7.04. The molecule has 0 bridgehead atoms. The molecule has 0 spiro atoms. The quantitative estimate of drug-likeness (QED) is 0.781. The Morgan fingerprint density at radius 2 is 2.04 bits per heavy atom. The molecule has 1 aromatic carbocycles. The van der Waals surface area contributed by atoms with E-state index in [1.54, 1.807) is 11.0 Å². The number of aryl methyl sites for hydroxylation is 1. The molecule has 1 aromatic rings. The van der Waals surface area contributed by atoms with Crippen molar-refractivity contribution in [3.05, 3.63) is 53.8 Å². The highest BCUT2D eigenvalue weighted by atomic mass is 16.5. The van der Waals surface area contributed by atoms with Gasteiger partial charge < -0.3 is 15.0 Å².